The molecule has 1 aromatic heterocycles. The van der Waals surface area contributed by atoms with Crippen LogP contribution in [-0.4, -0.2) is 29.3 Å². The highest BCUT2D eigenvalue weighted by Gasteiger charge is 2.16. The number of rotatable bonds is 7. The molecule has 0 atom stereocenters. The number of fused-ring (bicyclic) bond motifs is 1. The fraction of sp³-hybridized carbons (Fsp3) is 0.300. The monoisotopic (exact) mass is 369 g/mol. The van der Waals surface area contributed by atoms with E-state index in [1.807, 2.05) is 31.2 Å². The Hall–Kier alpha value is -3.22. The summed E-state index contributed by atoms with van der Waals surface area (Å²) in [6.07, 6.45) is 0.834. The maximum atomic E-state index is 12.8. The number of para-hydroxylation sites is 2. The van der Waals surface area contributed by atoms with Crippen LogP contribution in [0.3, 0.4) is 0 Å². The number of carbonyl (C=O) groups excluding carboxylic acids is 1. The van der Waals surface area contributed by atoms with E-state index >= 15 is 0 Å². The fourth-order valence-corrected chi connectivity index (χ4v) is 3.11. The Morgan fingerprint density at radius 2 is 1.74 bits per heavy atom. The van der Waals surface area contributed by atoms with Gasteiger partial charge in [-0.05, 0) is 30.7 Å². The summed E-state index contributed by atoms with van der Waals surface area (Å²) in [5, 5.41) is 2.80. The molecule has 1 N–H and O–H groups in total. The molecule has 0 saturated heterocycles. The highest BCUT2D eigenvalue weighted by atomic mass is 16.5. The molecule has 3 aromatic rings. The summed E-state index contributed by atoms with van der Waals surface area (Å²) in [4.78, 5) is 25.4. The van der Waals surface area contributed by atoms with E-state index in [4.69, 9.17) is 9.47 Å². The van der Waals surface area contributed by atoms with Gasteiger partial charge >= 0.3 is 5.69 Å². The number of aryl methyl sites for hydroxylation is 1. The predicted octanol–water partition coefficient (Wildman–Crippen LogP) is 2.87. The summed E-state index contributed by atoms with van der Waals surface area (Å²) >= 11 is 0. The lowest BCUT2D eigenvalue weighted by molar-refractivity contribution is -0.116. The maximum Gasteiger partial charge on any atom is 0.329 e. The van der Waals surface area contributed by atoms with Crippen molar-refractivity contribution in [2.45, 2.75) is 26.4 Å². The number of anilines is 1. The molecule has 0 spiro atoms. The van der Waals surface area contributed by atoms with Crippen molar-refractivity contribution in [3.8, 4) is 11.5 Å². The molecule has 0 aliphatic heterocycles. The van der Waals surface area contributed by atoms with Crippen LogP contribution < -0.4 is 20.5 Å². The van der Waals surface area contributed by atoms with E-state index < -0.39 is 0 Å². The summed E-state index contributed by atoms with van der Waals surface area (Å²) in [5.74, 6) is 0.802. The largest absolute Gasteiger partial charge is 0.497 e. The van der Waals surface area contributed by atoms with Crippen molar-refractivity contribution in [2.75, 3.05) is 19.5 Å². The number of nitrogens with one attached hydrogen (secondary N) is 1. The summed E-state index contributed by atoms with van der Waals surface area (Å²) in [7, 11) is 3.08. The Morgan fingerprint density at radius 1 is 1.04 bits per heavy atom. The summed E-state index contributed by atoms with van der Waals surface area (Å²) in [6, 6.07) is 12.6. The number of nitrogens with zero attached hydrogens (tertiary/aromatic N) is 2. The van der Waals surface area contributed by atoms with E-state index in [1.165, 1.54) is 11.7 Å². The van der Waals surface area contributed by atoms with Crippen LogP contribution in [-0.2, 0) is 17.9 Å². The van der Waals surface area contributed by atoms with E-state index in [9.17, 15) is 9.59 Å². The minimum absolute atomic E-state index is 0.0869. The van der Waals surface area contributed by atoms with Gasteiger partial charge in [0.05, 0.1) is 30.9 Å². The molecule has 3 rings (SSSR count). The van der Waals surface area contributed by atoms with Gasteiger partial charge in [-0.2, -0.15) is 0 Å². The maximum absolute atomic E-state index is 12.8. The molecule has 0 unspecified atom stereocenters. The fourth-order valence-electron chi connectivity index (χ4n) is 3.11. The minimum Gasteiger partial charge on any atom is -0.497 e. The highest BCUT2D eigenvalue weighted by Crippen LogP contribution is 2.28. The number of aromatic nitrogens is 2. The van der Waals surface area contributed by atoms with Crippen molar-refractivity contribution < 1.29 is 14.3 Å². The molecule has 2 aromatic carbocycles. The number of amides is 1. The third-order valence-corrected chi connectivity index (χ3v) is 4.35. The zero-order chi connectivity index (χ0) is 19.4. The topological polar surface area (TPSA) is 74.5 Å². The Kier molecular flexibility index (Phi) is 5.49. The Labute approximate surface area is 157 Å². The first-order chi connectivity index (χ1) is 13.1. The number of imidazole rings is 1. The van der Waals surface area contributed by atoms with Gasteiger partial charge in [0.1, 0.15) is 18.0 Å². The van der Waals surface area contributed by atoms with Crippen LogP contribution in [0.25, 0.3) is 11.0 Å². The number of carbonyl (C=O) groups is 1. The van der Waals surface area contributed by atoms with Crippen LogP contribution in [0.4, 0.5) is 5.69 Å². The molecule has 0 radical (unpaired) electrons. The van der Waals surface area contributed by atoms with E-state index in [0.717, 1.165) is 17.5 Å². The highest BCUT2D eigenvalue weighted by molar-refractivity contribution is 5.93. The summed E-state index contributed by atoms with van der Waals surface area (Å²) in [6.45, 7) is 2.54. The molecule has 7 nitrogen and oxygen atoms in total. The molecule has 1 heterocycles. The van der Waals surface area contributed by atoms with Gasteiger partial charge in [-0.15, -0.1) is 0 Å². The number of ether oxygens (including phenoxy) is 2. The quantitative estimate of drug-likeness (QED) is 0.695. The van der Waals surface area contributed by atoms with Crippen molar-refractivity contribution in [2.24, 2.45) is 0 Å². The van der Waals surface area contributed by atoms with Gasteiger partial charge < -0.3 is 14.8 Å². The molecule has 0 aliphatic rings. The molecule has 7 heteroatoms. The second kappa shape index (κ2) is 7.99. The molecule has 0 bridgehead atoms. The first-order valence-corrected chi connectivity index (χ1v) is 8.79. The lowest BCUT2D eigenvalue weighted by atomic mass is 10.2. The Morgan fingerprint density at radius 3 is 2.37 bits per heavy atom. The number of benzene rings is 2. The lowest BCUT2D eigenvalue weighted by Crippen LogP contribution is -2.29. The van der Waals surface area contributed by atoms with Crippen molar-refractivity contribution in [1.29, 1.82) is 0 Å². The molecular weight excluding hydrogens is 346 g/mol. The van der Waals surface area contributed by atoms with E-state index in [-0.39, 0.29) is 18.1 Å². The molecule has 27 heavy (non-hydrogen) atoms. The standard InChI is InChI=1S/C20H23N3O4/c1-4-11-22-16-7-5-6-8-17(16)23(20(22)25)13-19(24)21-15-12-14(26-2)9-10-18(15)27-3/h5-10,12H,4,11,13H2,1-3H3,(H,21,24). The molecule has 1 amide bonds. The third kappa shape index (κ3) is 3.67. The van der Waals surface area contributed by atoms with Gasteiger partial charge in [0.25, 0.3) is 0 Å². The third-order valence-electron chi connectivity index (χ3n) is 4.35. The van der Waals surface area contributed by atoms with Crippen LogP contribution in [0, 0.1) is 0 Å². The SMILES string of the molecule is CCCn1c(=O)n(CC(=O)Nc2cc(OC)ccc2OC)c2ccccc21. The molecule has 0 aliphatic carbocycles. The summed E-state index contributed by atoms with van der Waals surface area (Å²) in [5.41, 5.74) is 1.87. The van der Waals surface area contributed by atoms with Crippen molar-refractivity contribution in [1.82, 2.24) is 9.13 Å². The van der Waals surface area contributed by atoms with Gasteiger partial charge in [0.2, 0.25) is 5.91 Å². The van der Waals surface area contributed by atoms with Crippen LogP contribution in [0.5, 0.6) is 11.5 Å². The first-order valence-electron chi connectivity index (χ1n) is 8.79. The molecule has 0 saturated carbocycles. The Bertz CT molecular complexity index is 1020. The number of hydrogen-bond donors (Lipinski definition) is 1. The van der Waals surface area contributed by atoms with Crippen LogP contribution in [0.2, 0.25) is 0 Å². The molecular formula is C20H23N3O4. The van der Waals surface area contributed by atoms with E-state index in [0.29, 0.717) is 23.7 Å². The number of methoxy groups -OCH3 is 2. The van der Waals surface area contributed by atoms with E-state index in [1.54, 1.807) is 29.9 Å². The lowest BCUT2D eigenvalue weighted by Gasteiger charge is -2.12. The summed E-state index contributed by atoms with van der Waals surface area (Å²) < 4.78 is 13.7. The van der Waals surface area contributed by atoms with Gasteiger partial charge in [-0.3, -0.25) is 13.9 Å². The van der Waals surface area contributed by atoms with Gasteiger partial charge in [0.15, 0.2) is 0 Å². The average Bonchev–Trinajstić information content (AvgIpc) is 2.94. The molecule has 142 valence electrons. The van der Waals surface area contributed by atoms with Gasteiger partial charge in [-0.25, -0.2) is 4.79 Å². The zero-order valence-corrected chi connectivity index (χ0v) is 15.7. The van der Waals surface area contributed by atoms with Crippen molar-refractivity contribution in [3.63, 3.8) is 0 Å². The van der Waals surface area contributed by atoms with Crippen LogP contribution in [0.15, 0.2) is 47.3 Å². The number of hydrogen-bond acceptors (Lipinski definition) is 4. The molecule has 0 fully saturated rings. The smallest absolute Gasteiger partial charge is 0.329 e. The van der Waals surface area contributed by atoms with Crippen molar-refractivity contribution in [3.05, 3.63) is 52.9 Å². The first kappa shape index (κ1) is 18.6. The average molecular weight is 369 g/mol. The van der Waals surface area contributed by atoms with Gasteiger partial charge in [0, 0.05) is 12.6 Å². The normalized spacial score (nSPS) is 10.8. The predicted molar refractivity (Wildman–Crippen MR) is 105 cm³/mol. The van der Waals surface area contributed by atoms with E-state index in [2.05, 4.69) is 5.32 Å². The van der Waals surface area contributed by atoms with Crippen LogP contribution in [0.1, 0.15) is 13.3 Å². The van der Waals surface area contributed by atoms with Crippen LogP contribution >= 0.6 is 0 Å². The van der Waals surface area contributed by atoms with Gasteiger partial charge in [-0.1, -0.05) is 19.1 Å². The Balaban J connectivity index is 1.91. The zero-order valence-electron chi connectivity index (χ0n) is 15.7. The van der Waals surface area contributed by atoms with Crippen molar-refractivity contribution >= 4 is 22.6 Å². The second-order valence-electron chi connectivity index (χ2n) is 6.12. The second-order valence-corrected chi connectivity index (χ2v) is 6.12. The minimum atomic E-state index is -0.317.